The van der Waals surface area contributed by atoms with Crippen LogP contribution in [0.5, 0.6) is 0 Å². The molecule has 3 nitrogen and oxygen atoms in total. The Morgan fingerprint density at radius 3 is 2.52 bits per heavy atom. The van der Waals surface area contributed by atoms with Gasteiger partial charge in [0.25, 0.3) is 0 Å². The lowest BCUT2D eigenvalue weighted by Gasteiger charge is -2.25. The molecule has 0 aromatic heterocycles. The summed E-state index contributed by atoms with van der Waals surface area (Å²) in [6, 6.07) is 7.03. The number of unbranched alkanes of at least 4 members (excludes halogenated alkanes) is 2. The minimum Gasteiger partial charge on any atom is -0.207 e. The first-order chi connectivity index (χ1) is 9.96. The second-order valence-electron chi connectivity index (χ2n) is 5.49. The highest BCUT2D eigenvalue weighted by atomic mass is 79.9. The van der Waals surface area contributed by atoms with Crippen LogP contribution in [0.3, 0.4) is 0 Å². The molecule has 1 aliphatic rings. The summed E-state index contributed by atoms with van der Waals surface area (Å²) in [5.74, 6) is 0. The Morgan fingerprint density at radius 1 is 1.24 bits per heavy atom. The third kappa shape index (κ3) is 3.76. The zero-order valence-corrected chi connectivity index (χ0v) is 15.0. The van der Waals surface area contributed by atoms with Crippen molar-refractivity contribution in [2.45, 2.75) is 50.5 Å². The molecule has 1 aromatic rings. The van der Waals surface area contributed by atoms with Crippen molar-refractivity contribution in [3.05, 3.63) is 40.4 Å². The lowest BCUT2D eigenvalue weighted by Crippen LogP contribution is -2.36. The van der Waals surface area contributed by atoms with E-state index >= 15 is 0 Å². The fraction of sp³-hybridized carbons (Fsp3) is 0.500. The topological polar surface area (TPSA) is 37.4 Å². The number of rotatable bonds is 6. The van der Waals surface area contributed by atoms with Crippen LogP contribution in [0.15, 0.2) is 39.7 Å². The summed E-state index contributed by atoms with van der Waals surface area (Å²) < 4.78 is 28.2. The van der Waals surface area contributed by atoms with Crippen molar-refractivity contribution in [3.63, 3.8) is 0 Å². The molecule has 2 rings (SSSR count). The molecule has 0 saturated carbocycles. The van der Waals surface area contributed by atoms with Crippen molar-refractivity contribution in [3.8, 4) is 0 Å². The first-order valence-electron chi connectivity index (χ1n) is 7.41. The van der Waals surface area contributed by atoms with E-state index in [1.807, 2.05) is 25.1 Å². The van der Waals surface area contributed by atoms with Crippen LogP contribution in [0.1, 0.15) is 38.2 Å². The van der Waals surface area contributed by atoms with Crippen LogP contribution in [0.2, 0.25) is 0 Å². The van der Waals surface area contributed by atoms with E-state index in [0.29, 0.717) is 11.4 Å². The van der Waals surface area contributed by atoms with Crippen LogP contribution >= 0.6 is 15.9 Å². The number of halogens is 1. The Balaban J connectivity index is 2.20. The van der Waals surface area contributed by atoms with Gasteiger partial charge >= 0.3 is 0 Å². The lowest BCUT2D eigenvalue weighted by atomic mass is 10.1. The normalized spacial score (nSPS) is 19.8. The Bertz CT molecular complexity index is 608. The molecule has 0 amide bonds. The Labute approximate surface area is 136 Å². The predicted molar refractivity (Wildman–Crippen MR) is 90.0 cm³/mol. The monoisotopic (exact) mass is 371 g/mol. The lowest BCUT2D eigenvalue weighted by molar-refractivity contribution is 0.383. The molecular weight excluding hydrogens is 350 g/mol. The number of hydrogen-bond donors (Lipinski definition) is 0. The summed E-state index contributed by atoms with van der Waals surface area (Å²) in [6.07, 6.45) is 6.15. The number of hydrogen-bond acceptors (Lipinski definition) is 2. The van der Waals surface area contributed by atoms with Crippen molar-refractivity contribution in [1.82, 2.24) is 4.31 Å². The Hall–Kier alpha value is -0.650. The van der Waals surface area contributed by atoms with Gasteiger partial charge in [0.2, 0.25) is 10.0 Å². The molecule has 1 heterocycles. The number of sulfonamides is 1. The van der Waals surface area contributed by atoms with Crippen molar-refractivity contribution >= 4 is 26.0 Å². The van der Waals surface area contributed by atoms with Gasteiger partial charge in [-0.1, -0.05) is 65.9 Å². The highest BCUT2D eigenvalue weighted by Gasteiger charge is 2.35. The second-order valence-corrected chi connectivity index (χ2v) is 8.29. The van der Waals surface area contributed by atoms with Gasteiger partial charge in [0, 0.05) is 11.0 Å². The van der Waals surface area contributed by atoms with Crippen LogP contribution in [0, 0.1) is 6.92 Å². The molecule has 21 heavy (non-hydrogen) atoms. The van der Waals surface area contributed by atoms with E-state index in [4.69, 9.17) is 0 Å². The summed E-state index contributed by atoms with van der Waals surface area (Å²) in [7, 11) is -3.42. The standard InChI is InChI=1S/C16H22BrNO2S/c1-3-4-5-6-16-15(17)11-12-18(16)21(19,20)14-9-7-13(2)8-10-14/h7-11,16H,3-6,12H2,1-2H3. The zero-order chi connectivity index (χ0) is 15.5. The molecule has 1 unspecified atom stereocenters. The molecular formula is C16H22BrNO2S. The van der Waals surface area contributed by atoms with Gasteiger partial charge in [-0.2, -0.15) is 4.31 Å². The van der Waals surface area contributed by atoms with E-state index in [9.17, 15) is 8.42 Å². The van der Waals surface area contributed by atoms with E-state index in [0.717, 1.165) is 35.7 Å². The maximum absolute atomic E-state index is 12.8. The van der Waals surface area contributed by atoms with Crippen LogP contribution < -0.4 is 0 Å². The average Bonchev–Trinajstić information content (AvgIpc) is 2.82. The highest BCUT2D eigenvalue weighted by Crippen LogP contribution is 2.32. The van der Waals surface area contributed by atoms with Gasteiger partial charge < -0.3 is 0 Å². The molecule has 0 bridgehead atoms. The highest BCUT2D eigenvalue weighted by molar-refractivity contribution is 9.11. The third-order valence-electron chi connectivity index (χ3n) is 3.84. The van der Waals surface area contributed by atoms with Crippen LogP contribution in [-0.4, -0.2) is 25.3 Å². The molecule has 1 aromatic carbocycles. The molecule has 0 radical (unpaired) electrons. The summed E-state index contributed by atoms with van der Waals surface area (Å²) >= 11 is 3.53. The molecule has 0 aliphatic carbocycles. The average molecular weight is 372 g/mol. The largest absolute Gasteiger partial charge is 0.243 e. The summed E-state index contributed by atoms with van der Waals surface area (Å²) in [5.41, 5.74) is 1.06. The summed E-state index contributed by atoms with van der Waals surface area (Å²) in [6.45, 7) is 4.56. The second kappa shape index (κ2) is 7.07. The molecule has 0 fully saturated rings. The molecule has 0 N–H and O–H groups in total. The van der Waals surface area contributed by atoms with Crippen LogP contribution in [-0.2, 0) is 10.0 Å². The zero-order valence-electron chi connectivity index (χ0n) is 12.5. The van der Waals surface area contributed by atoms with Gasteiger partial charge in [-0.25, -0.2) is 8.42 Å². The minimum atomic E-state index is -3.42. The van der Waals surface area contributed by atoms with E-state index in [2.05, 4.69) is 22.9 Å². The molecule has 1 atom stereocenters. The van der Waals surface area contributed by atoms with Gasteiger partial charge in [0.05, 0.1) is 10.9 Å². The van der Waals surface area contributed by atoms with E-state index in [-0.39, 0.29) is 6.04 Å². The van der Waals surface area contributed by atoms with Gasteiger partial charge in [0.1, 0.15) is 0 Å². The van der Waals surface area contributed by atoms with Gasteiger partial charge in [-0.05, 0) is 25.5 Å². The number of aryl methyl sites for hydroxylation is 1. The van der Waals surface area contributed by atoms with Gasteiger partial charge in [-0.15, -0.1) is 0 Å². The first kappa shape index (κ1) is 16.7. The maximum atomic E-state index is 12.8. The van der Waals surface area contributed by atoms with Gasteiger partial charge in [0.15, 0.2) is 0 Å². The Kier molecular flexibility index (Phi) is 5.63. The fourth-order valence-corrected chi connectivity index (χ4v) is 4.89. The molecule has 0 saturated heterocycles. The minimum absolute atomic E-state index is 0.0529. The number of nitrogens with zero attached hydrogens (tertiary/aromatic N) is 1. The first-order valence-corrected chi connectivity index (χ1v) is 9.64. The quantitative estimate of drug-likeness (QED) is 0.701. The number of benzene rings is 1. The third-order valence-corrected chi connectivity index (χ3v) is 6.58. The predicted octanol–water partition coefficient (Wildman–Crippen LogP) is 4.23. The van der Waals surface area contributed by atoms with E-state index in [1.165, 1.54) is 0 Å². The molecule has 5 heteroatoms. The van der Waals surface area contributed by atoms with Crippen molar-refractivity contribution < 1.29 is 8.42 Å². The van der Waals surface area contributed by atoms with E-state index < -0.39 is 10.0 Å². The maximum Gasteiger partial charge on any atom is 0.243 e. The molecule has 0 spiro atoms. The molecule has 1 aliphatic heterocycles. The van der Waals surface area contributed by atoms with Crippen molar-refractivity contribution in [2.75, 3.05) is 6.54 Å². The molecule has 116 valence electrons. The SMILES string of the molecule is CCCCCC1C(Br)=CCN1S(=O)(=O)c1ccc(C)cc1. The fourth-order valence-electron chi connectivity index (χ4n) is 2.56. The van der Waals surface area contributed by atoms with Crippen molar-refractivity contribution in [2.24, 2.45) is 0 Å². The Morgan fingerprint density at radius 2 is 1.90 bits per heavy atom. The van der Waals surface area contributed by atoms with E-state index in [1.54, 1.807) is 16.4 Å². The van der Waals surface area contributed by atoms with Gasteiger partial charge in [-0.3, -0.25) is 0 Å². The van der Waals surface area contributed by atoms with Crippen LogP contribution in [0.4, 0.5) is 0 Å². The summed E-state index contributed by atoms with van der Waals surface area (Å²) in [4.78, 5) is 0.379. The summed E-state index contributed by atoms with van der Waals surface area (Å²) in [5, 5.41) is 0. The smallest absolute Gasteiger partial charge is 0.207 e. The van der Waals surface area contributed by atoms with Crippen molar-refractivity contribution in [1.29, 1.82) is 0 Å². The van der Waals surface area contributed by atoms with Crippen LogP contribution in [0.25, 0.3) is 0 Å².